The molecule has 0 bridgehead atoms. The smallest absolute Gasteiger partial charge is 0.277 e. The lowest BCUT2D eigenvalue weighted by atomic mass is 10.1. The van der Waals surface area contributed by atoms with Crippen molar-refractivity contribution in [2.45, 2.75) is 13.5 Å². The monoisotopic (exact) mass is 305 g/mol. The molecule has 5 nitrogen and oxygen atoms in total. The zero-order valence-electron chi connectivity index (χ0n) is 11.2. The highest BCUT2D eigenvalue weighted by atomic mass is 35.5. The fourth-order valence-corrected chi connectivity index (χ4v) is 2.05. The van der Waals surface area contributed by atoms with Gasteiger partial charge in [0.2, 0.25) is 0 Å². The Morgan fingerprint density at radius 1 is 1.29 bits per heavy atom. The molecule has 108 valence electrons. The van der Waals surface area contributed by atoms with Crippen molar-refractivity contribution in [3.05, 3.63) is 68.7 Å². The van der Waals surface area contributed by atoms with Crippen molar-refractivity contribution < 1.29 is 14.5 Å². The number of carbonyl (C=O) groups excluding carboxylic acids is 1. The van der Waals surface area contributed by atoms with Gasteiger partial charge in [0.05, 0.1) is 15.5 Å². The normalized spacial score (nSPS) is 10.2. The van der Waals surface area contributed by atoms with Crippen molar-refractivity contribution in [2.75, 3.05) is 0 Å². The quantitative estimate of drug-likeness (QED) is 0.475. The molecule has 2 aromatic rings. The Hall–Kier alpha value is -2.40. The number of halogens is 1. The molecule has 0 atom stereocenters. The summed E-state index contributed by atoms with van der Waals surface area (Å²) in [5, 5.41) is 11.2. The van der Waals surface area contributed by atoms with Gasteiger partial charge in [0.15, 0.2) is 5.78 Å². The number of hydrogen-bond donors (Lipinski definition) is 0. The number of ether oxygens (including phenoxy) is 1. The molecular weight excluding hydrogens is 294 g/mol. The molecule has 0 aliphatic rings. The summed E-state index contributed by atoms with van der Waals surface area (Å²) in [6.07, 6.45) is 0. The summed E-state index contributed by atoms with van der Waals surface area (Å²) >= 11 is 5.98. The molecule has 2 aromatic carbocycles. The largest absolute Gasteiger partial charge is 0.489 e. The van der Waals surface area contributed by atoms with Gasteiger partial charge in [-0.05, 0) is 25.1 Å². The lowest BCUT2D eigenvalue weighted by Crippen LogP contribution is -2.02. The number of rotatable bonds is 5. The number of nitro groups is 1. The second-order valence-electron chi connectivity index (χ2n) is 4.37. The molecule has 0 aliphatic heterocycles. The van der Waals surface area contributed by atoms with E-state index in [-0.39, 0.29) is 23.1 Å². The highest BCUT2D eigenvalue weighted by Gasteiger charge is 2.17. The van der Waals surface area contributed by atoms with Crippen molar-refractivity contribution in [3.63, 3.8) is 0 Å². The van der Waals surface area contributed by atoms with E-state index in [0.717, 1.165) is 0 Å². The Balaban J connectivity index is 2.22. The number of hydrogen-bond acceptors (Lipinski definition) is 4. The van der Waals surface area contributed by atoms with Crippen molar-refractivity contribution in [1.82, 2.24) is 0 Å². The molecule has 0 unspecified atom stereocenters. The Kier molecular flexibility index (Phi) is 4.55. The number of benzene rings is 2. The molecule has 0 heterocycles. The average molecular weight is 306 g/mol. The fraction of sp³-hybridized carbons (Fsp3) is 0.133. The molecule has 0 fully saturated rings. The molecular formula is C15H12ClNO4. The maximum atomic E-state index is 11.3. The van der Waals surface area contributed by atoms with Crippen molar-refractivity contribution in [1.29, 1.82) is 0 Å². The third-order valence-corrected chi connectivity index (χ3v) is 3.27. The minimum Gasteiger partial charge on any atom is -0.489 e. The van der Waals surface area contributed by atoms with Crippen LogP contribution in [-0.4, -0.2) is 10.7 Å². The van der Waals surface area contributed by atoms with Gasteiger partial charge in [0.1, 0.15) is 12.4 Å². The van der Waals surface area contributed by atoms with E-state index in [1.54, 1.807) is 30.3 Å². The Morgan fingerprint density at radius 2 is 2.00 bits per heavy atom. The van der Waals surface area contributed by atoms with Gasteiger partial charge in [-0.1, -0.05) is 29.8 Å². The van der Waals surface area contributed by atoms with E-state index in [1.807, 2.05) is 0 Å². The maximum absolute atomic E-state index is 11.3. The first-order chi connectivity index (χ1) is 9.99. The average Bonchev–Trinajstić information content (AvgIpc) is 2.46. The molecule has 21 heavy (non-hydrogen) atoms. The lowest BCUT2D eigenvalue weighted by Gasteiger charge is -2.09. The highest BCUT2D eigenvalue weighted by molar-refractivity contribution is 6.31. The van der Waals surface area contributed by atoms with Crippen LogP contribution in [0.3, 0.4) is 0 Å². The van der Waals surface area contributed by atoms with Crippen molar-refractivity contribution in [2.24, 2.45) is 0 Å². The van der Waals surface area contributed by atoms with E-state index in [1.165, 1.54) is 19.1 Å². The molecule has 0 N–H and O–H groups in total. The number of carbonyl (C=O) groups is 1. The van der Waals surface area contributed by atoms with Gasteiger partial charge in [-0.25, -0.2) is 0 Å². The summed E-state index contributed by atoms with van der Waals surface area (Å²) in [6, 6.07) is 11.1. The number of nitrogens with zero attached hydrogens (tertiary/aromatic N) is 1. The minimum absolute atomic E-state index is 0.0443. The Bertz CT molecular complexity index is 700. The molecule has 0 saturated carbocycles. The second kappa shape index (κ2) is 6.37. The number of ketones is 1. The molecule has 0 aliphatic carbocycles. The van der Waals surface area contributed by atoms with Crippen LogP contribution in [0.15, 0.2) is 42.5 Å². The summed E-state index contributed by atoms with van der Waals surface area (Å²) in [5.41, 5.74) is 0.726. The van der Waals surface area contributed by atoms with Crippen LogP contribution in [0.4, 0.5) is 5.69 Å². The predicted octanol–water partition coefficient (Wildman–Crippen LogP) is 4.03. The first-order valence-corrected chi connectivity index (χ1v) is 6.52. The Labute approximate surface area is 126 Å². The molecule has 6 heteroatoms. The summed E-state index contributed by atoms with van der Waals surface area (Å²) in [6.45, 7) is 1.41. The van der Waals surface area contributed by atoms with E-state index in [9.17, 15) is 14.9 Å². The third kappa shape index (κ3) is 3.58. The molecule has 0 amide bonds. The van der Waals surface area contributed by atoms with Gasteiger partial charge in [-0.2, -0.15) is 0 Å². The van der Waals surface area contributed by atoms with E-state index in [2.05, 4.69) is 0 Å². The van der Waals surface area contributed by atoms with Crippen LogP contribution < -0.4 is 4.74 Å². The van der Waals surface area contributed by atoms with Crippen LogP contribution in [-0.2, 0) is 6.61 Å². The van der Waals surface area contributed by atoms with Gasteiger partial charge in [-0.15, -0.1) is 0 Å². The van der Waals surface area contributed by atoms with Crippen LogP contribution in [0.5, 0.6) is 5.75 Å². The predicted molar refractivity (Wildman–Crippen MR) is 78.9 cm³/mol. The summed E-state index contributed by atoms with van der Waals surface area (Å²) in [5.74, 6) is 0.376. The summed E-state index contributed by atoms with van der Waals surface area (Å²) in [7, 11) is 0. The van der Waals surface area contributed by atoms with E-state index in [4.69, 9.17) is 16.3 Å². The van der Waals surface area contributed by atoms with Crippen molar-refractivity contribution in [3.8, 4) is 5.75 Å². The first kappa shape index (κ1) is 15.0. The van der Waals surface area contributed by atoms with Crippen LogP contribution >= 0.6 is 11.6 Å². The lowest BCUT2D eigenvalue weighted by molar-refractivity contribution is -0.385. The zero-order chi connectivity index (χ0) is 15.4. The fourth-order valence-electron chi connectivity index (χ4n) is 1.82. The number of Topliss-reactive ketones (excluding diaryl/α,β-unsaturated/α-hetero) is 1. The van der Waals surface area contributed by atoms with Crippen LogP contribution in [0.1, 0.15) is 22.8 Å². The minimum atomic E-state index is -0.503. The molecule has 0 aromatic heterocycles. The van der Waals surface area contributed by atoms with Crippen LogP contribution in [0.2, 0.25) is 5.02 Å². The SMILES string of the molecule is CC(=O)c1cccc(OCc2c(Cl)cccc2[N+](=O)[O-])c1. The third-order valence-electron chi connectivity index (χ3n) is 2.91. The molecule has 0 spiro atoms. The molecule has 2 rings (SSSR count). The van der Waals surface area contributed by atoms with Gasteiger partial charge < -0.3 is 4.74 Å². The summed E-state index contributed by atoms with van der Waals surface area (Å²) in [4.78, 5) is 21.8. The molecule has 0 saturated heterocycles. The van der Waals surface area contributed by atoms with E-state index < -0.39 is 4.92 Å². The van der Waals surface area contributed by atoms with Gasteiger partial charge in [-0.3, -0.25) is 14.9 Å². The Morgan fingerprint density at radius 3 is 2.67 bits per heavy atom. The highest BCUT2D eigenvalue weighted by Crippen LogP contribution is 2.27. The van der Waals surface area contributed by atoms with Crippen molar-refractivity contribution >= 4 is 23.1 Å². The van der Waals surface area contributed by atoms with E-state index in [0.29, 0.717) is 16.9 Å². The zero-order valence-corrected chi connectivity index (χ0v) is 12.0. The van der Waals surface area contributed by atoms with E-state index >= 15 is 0 Å². The van der Waals surface area contributed by atoms with Gasteiger partial charge in [0, 0.05) is 11.6 Å². The first-order valence-electron chi connectivity index (χ1n) is 6.14. The standard InChI is InChI=1S/C15H12ClNO4/c1-10(18)11-4-2-5-12(8-11)21-9-13-14(16)6-3-7-15(13)17(19)20/h2-8H,9H2,1H3. The maximum Gasteiger partial charge on any atom is 0.277 e. The van der Waals surface area contributed by atoms with Gasteiger partial charge >= 0.3 is 0 Å². The second-order valence-corrected chi connectivity index (χ2v) is 4.77. The van der Waals surface area contributed by atoms with Crippen LogP contribution in [0, 0.1) is 10.1 Å². The summed E-state index contributed by atoms with van der Waals surface area (Å²) < 4.78 is 5.51. The molecule has 0 radical (unpaired) electrons. The van der Waals surface area contributed by atoms with Gasteiger partial charge in [0.25, 0.3) is 5.69 Å². The number of nitro benzene ring substituents is 1. The topological polar surface area (TPSA) is 69.4 Å². The van der Waals surface area contributed by atoms with Crippen LogP contribution in [0.25, 0.3) is 0 Å².